The van der Waals surface area contributed by atoms with Crippen molar-refractivity contribution in [3.63, 3.8) is 0 Å². The lowest BCUT2D eigenvalue weighted by Crippen LogP contribution is -2.55. The Morgan fingerprint density at radius 1 is 1.05 bits per heavy atom. The van der Waals surface area contributed by atoms with E-state index < -0.39 is 24.0 Å². The highest BCUT2D eigenvalue weighted by Crippen LogP contribution is 2.23. The van der Waals surface area contributed by atoms with Gasteiger partial charge in [0.1, 0.15) is 0 Å². The molecule has 2 amide bonds. The minimum atomic E-state index is -1.89. The second-order valence-electron chi connectivity index (χ2n) is 9.77. The predicted molar refractivity (Wildman–Crippen MR) is 169 cm³/mol. The maximum atomic E-state index is 12.8. The van der Waals surface area contributed by atoms with E-state index in [1.165, 1.54) is 38.5 Å². The number of rotatable bonds is 12. The topological polar surface area (TPSA) is 93.1 Å². The van der Waals surface area contributed by atoms with E-state index in [2.05, 4.69) is 42.2 Å². The van der Waals surface area contributed by atoms with Crippen LogP contribution in [0.5, 0.6) is 0 Å². The van der Waals surface area contributed by atoms with Crippen LogP contribution in [0, 0.1) is 0 Å². The summed E-state index contributed by atoms with van der Waals surface area (Å²) in [6, 6.07) is 14.5. The number of fused-ring (bicyclic) bond motifs is 1. The van der Waals surface area contributed by atoms with Crippen LogP contribution < -0.4 is 5.32 Å². The third-order valence-corrected chi connectivity index (χ3v) is 7.92. The lowest BCUT2D eigenvalue weighted by Gasteiger charge is -2.37. The molecule has 9 heteroatoms. The van der Waals surface area contributed by atoms with E-state index in [1.54, 1.807) is 0 Å². The number of amides is 2. The van der Waals surface area contributed by atoms with Crippen molar-refractivity contribution in [3.05, 3.63) is 106 Å². The van der Waals surface area contributed by atoms with Gasteiger partial charge in [0.15, 0.2) is 12.2 Å². The molecule has 0 bridgehead atoms. The first-order valence-corrected chi connectivity index (χ1v) is 14.8. The summed E-state index contributed by atoms with van der Waals surface area (Å²) in [5.41, 5.74) is 4.67. The molecule has 0 radical (unpaired) electrons. The first-order valence-electron chi connectivity index (χ1n) is 13.5. The van der Waals surface area contributed by atoms with Gasteiger partial charge < -0.3 is 25.3 Å². The van der Waals surface area contributed by atoms with Crippen molar-refractivity contribution < 1.29 is 19.8 Å². The minimum absolute atomic E-state index is 0.0897. The number of thioether (sulfide) groups is 1. The van der Waals surface area contributed by atoms with Crippen molar-refractivity contribution in [3.8, 4) is 0 Å². The summed E-state index contributed by atoms with van der Waals surface area (Å²) < 4.78 is 0. The van der Waals surface area contributed by atoms with Crippen LogP contribution in [-0.2, 0) is 16.0 Å². The van der Waals surface area contributed by atoms with Gasteiger partial charge in [-0.2, -0.15) is 0 Å². The van der Waals surface area contributed by atoms with E-state index >= 15 is 0 Å². The third-order valence-electron chi connectivity index (χ3n) is 6.70. The Labute approximate surface area is 251 Å². The third kappa shape index (κ3) is 9.36. The molecule has 218 valence electrons. The zero-order valence-corrected chi connectivity index (χ0v) is 25.1. The number of hydrogen-bond donors (Lipinski definition) is 3. The molecule has 1 fully saturated rings. The number of halogens is 1. The highest BCUT2D eigenvalue weighted by atomic mass is 35.5. The summed E-state index contributed by atoms with van der Waals surface area (Å²) in [4.78, 5) is 29.4. The van der Waals surface area contributed by atoms with Crippen LogP contribution in [0.25, 0.3) is 10.8 Å². The molecule has 1 heterocycles. The molecular weight excluding hydrogens is 558 g/mol. The highest BCUT2D eigenvalue weighted by molar-refractivity contribution is 8.05. The van der Waals surface area contributed by atoms with Gasteiger partial charge >= 0.3 is 0 Å². The zero-order valence-electron chi connectivity index (χ0n) is 23.5. The van der Waals surface area contributed by atoms with Gasteiger partial charge in [0, 0.05) is 48.9 Å². The molecule has 41 heavy (non-hydrogen) atoms. The predicted octanol–water partition coefficient (Wildman–Crippen LogP) is 4.73. The van der Waals surface area contributed by atoms with E-state index in [4.69, 9.17) is 11.6 Å². The molecule has 0 aromatic heterocycles. The Kier molecular flexibility index (Phi) is 12.7. The van der Waals surface area contributed by atoms with Gasteiger partial charge in [-0.3, -0.25) is 9.59 Å². The molecule has 0 spiro atoms. The Balaban J connectivity index is 1.44. The highest BCUT2D eigenvalue weighted by Gasteiger charge is 2.34. The molecule has 3 rings (SSSR count). The Hall–Kier alpha value is -3.30. The van der Waals surface area contributed by atoms with Crippen LogP contribution in [0.4, 0.5) is 0 Å². The van der Waals surface area contributed by atoms with Crippen molar-refractivity contribution in [2.24, 2.45) is 0 Å². The summed E-state index contributed by atoms with van der Waals surface area (Å²) >= 11 is 7.35. The summed E-state index contributed by atoms with van der Waals surface area (Å²) in [6.07, 6.45) is 4.59. The number of aliphatic hydroxyl groups excluding tert-OH is 2. The maximum Gasteiger partial charge on any atom is 0.254 e. The molecule has 1 aliphatic heterocycles. The monoisotopic (exact) mass is 595 g/mol. The Bertz CT molecular complexity index is 1340. The van der Waals surface area contributed by atoms with Crippen molar-refractivity contribution in [2.75, 3.05) is 32.7 Å². The largest absolute Gasteiger partial charge is 0.380 e. The molecule has 7 nitrogen and oxygen atoms in total. The fraction of sp³-hybridized carbons (Fsp3) is 0.312. The number of allylic oxidation sites excluding steroid dienone is 5. The molecule has 3 N–H and O–H groups in total. The summed E-state index contributed by atoms with van der Waals surface area (Å²) in [5, 5.41) is 27.8. The summed E-state index contributed by atoms with van der Waals surface area (Å²) in [6.45, 7) is 9.69. The number of nitrogens with zero attached hydrogens (tertiary/aromatic N) is 2. The zero-order chi connectivity index (χ0) is 29.8. The van der Waals surface area contributed by atoms with Crippen LogP contribution in [0.3, 0.4) is 0 Å². The minimum Gasteiger partial charge on any atom is -0.380 e. The lowest BCUT2D eigenvalue weighted by atomic mass is 10.00. The van der Waals surface area contributed by atoms with Crippen molar-refractivity contribution >= 4 is 45.9 Å². The normalized spacial score (nSPS) is 16.4. The lowest BCUT2D eigenvalue weighted by molar-refractivity contribution is -0.154. The molecule has 2 atom stereocenters. The van der Waals surface area contributed by atoms with Crippen LogP contribution in [0.2, 0.25) is 0 Å². The van der Waals surface area contributed by atoms with Crippen molar-refractivity contribution in [1.82, 2.24) is 15.1 Å². The number of benzene rings is 2. The quantitative estimate of drug-likeness (QED) is 0.307. The average Bonchev–Trinajstić information content (AvgIpc) is 3.00. The second kappa shape index (κ2) is 16.2. The van der Waals surface area contributed by atoms with E-state index in [0.717, 1.165) is 17.7 Å². The number of aliphatic hydroxyl groups is 2. The fourth-order valence-electron chi connectivity index (χ4n) is 4.43. The fourth-order valence-corrected chi connectivity index (χ4v) is 5.25. The number of carbonyl (C=O) groups excluding carboxylic acids is 2. The van der Waals surface area contributed by atoms with E-state index in [9.17, 15) is 19.8 Å². The molecule has 1 saturated heterocycles. The smallest absolute Gasteiger partial charge is 0.254 e. The van der Waals surface area contributed by atoms with Crippen molar-refractivity contribution in [1.29, 1.82) is 0 Å². The maximum absolute atomic E-state index is 12.8. The summed E-state index contributed by atoms with van der Waals surface area (Å²) in [7, 11) is 0. The SMILES string of the molecule is C=C(CNC(=O)C(O)C(O)C(=O)N1CCN(C(/C=C\C=C/C)=C\Cl)CC1)S/C=C(\C)Cc1cccc2ccccc12. The Morgan fingerprint density at radius 3 is 2.44 bits per heavy atom. The van der Waals surface area contributed by atoms with Crippen LogP contribution in [-0.4, -0.2) is 76.8 Å². The van der Waals surface area contributed by atoms with E-state index in [-0.39, 0.29) is 6.54 Å². The van der Waals surface area contributed by atoms with Gasteiger partial charge in [0.25, 0.3) is 11.8 Å². The van der Waals surface area contributed by atoms with Gasteiger partial charge in [0.2, 0.25) is 0 Å². The van der Waals surface area contributed by atoms with Gasteiger partial charge in [-0.25, -0.2) is 0 Å². The average molecular weight is 596 g/mol. The molecule has 2 aromatic carbocycles. The summed E-state index contributed by atoms with van der Waals surface area (Å²) in [5.74, 6) is -1.52. The van der Waals surface area contributed by atoms with Crippen LogP contribution >= 0.6 is 23.4 Å². The first-order chi connectivity index (χ1) is 19.7. The molecule has 1 aliphatic rings. The van der Waals surface area contributed by atoms with E-state index in [1.807, 2.05) is 60.6 Å². The van der Waals surface area contributed by atoms with Gasteiger partial charge in [-0.05, 0) is 48.1 Å². The Morgan fingerprint density at radius 2 is 1.73 bits per heavy atom. The molecule has 2 aromatic rings. The van der Waals surface area contributed by atoms with Gasteiger partial charge in [-0.1, -0.05) is 84.4 Å². The van der Waals surface area contributed by atoms with Crippen molar-refractivity contribution in [2.45, 2.75) is 32.5 Å². The van der Waals surface area contributed by atoms with Crippen LogP contribution in [0.1, 0.15) is 19.4 Å². The molecule has 0 saturated carbocycles. The van der Waals surface area contributed by atoms with Gasteiger partial charge in [0.05, 0.1) is 0 Å². The molecule has 2 unspecified atom stereocenters. The van der Waals surface area contributed by atoms with Crippen LogP contribution in [0.15, 0.2) is 100 Å². The number of piperazine rings is 1. The molecular formula is C32H38ClN3O4S. The molecule has 0 aliphatic carbocycles. The van der Waals surface area contributed by atoms with Gasteiger partial charge in [-0.15, -0.1) is 11.8 Å². The standard InChI is InChI=1S/C32H38ClN3O4S/c1-4-5-6-13-27(20-33)35-15-17-36(18-16-35)32(40)30(38)29(37)31(39)34-21-24(3)41-22-23(2)19-26-12-9-11-25-10-7-8-14-28(25)26/h4-14,20,22,29-30,37-38H,3,15-19,21H2,1-2H3,(H,34,39)/b5-4-,13-6-,23-22+,27-20-. The number of carbonyl (C=O) groups is 2. The second-order valence-corrected chi connectivity index (χ2v) is 11.0. The number of hydrogen-bond acceptors (Lipinski definition) is 6. The number of nitrogens with one attached hydrogen (secondary N) is 1. The van der Waals surface area contributed by atoms with E-state index in [0.29, 0.717) is 31.1 Å². The first kappa shape index (κ1) is 32.2.